The summed E-state index contributed by atoms with van der Waals surface area (Å²) in [6.45, 7) is 0. The van der Waals surface area contributed by atoms with E-state index in [2.05, 4.69) is 0 Å². The first-order valence-electron chi connectivity index (χ1n) is 6.18. The van der Waals surface area contributed by atoms with Gasteiger partial charge in [0.1, 0.15) is 17.4 Å². The zero-order chi connectivity index (χ0) is 13.5. The van der Waals surface area contributed by atoms with Crippen molar-refractivity contribution >= 4 is 5.78 Å². The lowest BCUT2D eigenvalue weighted by molar-refractivity contribution is -0.129. The summed E-state index contributed by atoms with van der Waals surface area (Å²) in [5.74, 6) is -0.555. The van der Waals surface area contributed by atoms with Gasteiger partial charge >= 0.3 is 0 Å². The predicted molar refractivity (Wildman–Crippen MR) is 67.8 cm³/mol. The van der Waals surface area contributed by atoms with Gasteiger partial charge in [0.05, 0.1) is 5.41 Å². The Balaban J connectivity index is 2.12. The molecule has 2 aromatic rings. The van der Waals surface area contributed by atoms with Crippen molar-refractivity contribution in [2.75, 3.05) is 0 Å². The maximum atomic E-state index is 13.0. The molecule has 1 nitrogen and oxygen atoms in total. The molecule has 0 N–H and O–H groups in total. The van der Waals surface area contributed by atoms with E-state index >= 15 is 0 Å². The minimum Gasteiger partial charge on any atom is -0.298 e. The molecule has 0 spiro atoms. The molecule has 0 radical (unpaired) electrons. The molecule has 3 rings (SSSR count). The highest BCUT2D eigenvalue weighted by Gasteiger charge is 2.48. The van der Waals surface area contributed by atoms with Gasteiger partial charge in [0.25, 0.3) is 0 Å². The lowest BCUT2D eigenvalue weighted by Crippen LogP contribution is -2.45. The summed E-state index contributed by atoms with van der Waals surface area (Å²) in [4.78, 5) is 12.1. The number of Topliss-reactive ketones (excluding diaryl/α,β-unsaturated/α-hetero) is 1. The second kappa shape index (κ2) is 4.26. The van der Waals surface area contributed by atoms with Crippen molar-refractivity contribution in [2.45, 2.75) is 18.3 Å². The summed E-state index contributed by atoms with van der Waals surface area (Å²) in [5.41, 5.74) is 0.829. The quantitative estimate of drug-likeness (QED) is 0.804. The molecule has 1 aliphatic carbocycles. The third-order valence-corrected chi connectivity index (χ3v) is 3.88. The number of halogens is 2. The fourth-order valence-corrected chi connectivity index (χ4v) is 2.72. The van der Waals surface area contributed by atoms with Crippen LogP contribution in [-0.4, -0.2) is 5.78 Å². The van der Waals surface area contributed by atoms with Crippen LogP contribution in [0.3, 0.4) is 0 Å². The van der Waals surface area contributed by atoms with Crippen LogP contribution in [0.25, 0.3) is 0 Å². The molecular formula is C16H12F2O. The van der Waals surface area contributed by atoms with E-state index in [1.165, 1.54) is 24.3 Å². The van der Waals surface area contributed by atoms with Crippen molar-refractivity contribution < 1.29 is 13.6 Å². The summed E-state index contributed by atoms with van der Waals surface area (Å²) >= 11 is 0. The predicted octanol–water partition coefficient (Wildman–Crippen LogP) is 3.61. The number of carbonyl (C=O) groups excluding carboxylic acids is 1. The van der Waals surface area contributed by atoms with Crippen LogP contribution in [0.5, 0.6) is 0 Å². The molecule has 0 amide bonds. The van der Waals surface area contributed by atoms with Gasteiger partial charge in [-0.25, -0.2) is 8.78 Å². The maximum absolute atomic E-state index is 13.0. The van der Waals surface area contributed by atoms with Crippen molar-refractivity contribution in [3.63, 3.8) is 0 Å². The highest BCUT2D eigenvalue weighted by atomic mass is 19.1. The van der Waals surface area contributed by atoms with E-state index in [9.17, 15) is 13.6 Å². The van der Waals surface area contributed by atoms with Gasteiger partial charge in [-0.15, -0.1) is 0 Å². The molecule has 1 fully saturated rings. The third kappa shape index (κ3) is 1.77. The van der Waals surface area contributed by atoms with E-state index in [0.717, 1.165) is 11.1 Å². The van der Waals surface area contributed by atoms with E-state index in [1.54, 1.807) is 24.3 Å². The van der Waals surface area contributed by atoms with Crippen LogP contribution >= 0.6 is 0 Å². The first-order valence-corrected chi connectivity index (χ1v) is 6.18. The van der Waals surface area contributed by atoms with E-state index in [-0.39, 0.29) is 17.4 Å². The van der Waals surface area contributed by atoms with Gasteiger partial charge in [0.15, 0.2) is 0 Å². The fourth-order valence-electron chi connectivity index (χ4n) is 2.72. The Morgan fingerprint density at radius 3 is 1.47 bits per heavy atom. The molecule has 3 heteroatoms. The van der Waals surface area contributed by atoms with E-state index in [4.69, 9.17) is 0 Å². The summed E-state index contributed by atoms with van der Waals surface area (Å²) in [6, 6.07) is 12.0. The van der Waals surface area contributed by atoms with Crippen molar-refractivity contribution in [2.24, 2.45) is 0 Å². The minimum atomic E-state index is -0.721. The number of carbonyl (C=O) groups is 1. The van der Waals surface area contributed by atoms with E-state index in [0.29, 0.717) is 12.8 Å². The lowest BCUT2D eigenvalue weighted by Gasteiger charge is -2.41. The van der Waals surface area contributed by atoms with Crippen molar-refractivity contribution in [1.82, 2.24) is 0 Å². The number of ketones is 1. The summed E-state index contributed by atoms with van der Waals surface area (Å²) < 4.78 is 26.0. The second-order valence-electron chi connectivity index (χ2n) is 4.84. The standard InChI is InChI=1S/C16H12F2O/c17-13-5-1-11(2-6-13)16(10-9-15(16)19)12-3-7-14(18)8-4-12/h1-8H,9-10H2. The van der Waals surface area contributed by atoms with Gasteiger partial charge in [0, 0.05) is 6.42 Å². The molecule has 2 aromatic carbocycles. The Bertz CT molecular complexity index is 569. The molecular weight excluding hydrogens is 246 g/mol. The average molecular weight is 258 g/mol. The highest BCUT2D eigenvalue weighted by molar-refractivity contribution is 5.99. The van der Waals surface area contributed by atoms with Crippen molar-refractivity contribution in [3.05, 3.63) is 71.3 Å². The van der Waals surface area contributed by atoms with E-state index in [1.807, 2.05) is 0 Å². The minimum absolute atomic E-state index is 0.103. The maximum Gasteiger partial charge on any atom is 0.147 e. The highest BCUT2D eigenvalue weighted by Crippen LogP contribution is 2.46. The first kappa shape index (κ1) is 12.0. The first-order chi connectivity index (χ1) is 9.13. The molecule has 1 aliphatic rings. The van der Waals surface area contributed by atoms with E-state index < -0.39 is 5.41 Å². The third-order valence-electron chi connectivity index (χ3n) is 3.88. The average Bonchev–Trinajstić information content (AvgIpc) is 2.42. The van der Waals surface area contributed by atoms with Crippen LogP contribution < -0.4 is 0 Å². The Morgan fingerprint density at radius 1 is 0.789 bits per heavy atom. The molecule has 0 bridgehead atoms. The molecule has 0 unspecified atom stereocenters. The number of rotatable bonds is 2. The van der Waals surface area contributed by atoms with Gasteiger partial charge in [-0.05, 0) is 41.8 Å². The molecule has 19 heavy (non-hydrogen) atoms. The summed E-state index contributed by atoms with van der Waals surface area (Å²) in [7, 11) is 0. The van der Waals surface area contributed by atoms with Gasteiger partial charge in [-0.2, -0.15) is 0 Å². The largest absolute Gasteiger partial charge is 0.298 e. The number of benzene rings is 2. The lowest BCUT2D eigenvalue weighted by atomic mass is 9.59. The van der Waals surface area contributed by atoms with Crippen molar-refractivity contribution in [3.8, 4) is 0 Å². The zero-order valence-corrected chi connectivity index (χ0v) is 10.2. The Hall–Kier alpha value is -2.03. The number of hydrogen-bond acceptors (Lipinski definition) is 1. The topological polar surface area (TPSA) is 17.1 Å². The fraction of sp³-hybridized carbons (Fsp3) is 0.188. The number of hydrogen-bond donors (Lipinski definition) is 0. The van der Waals surface area contributed by atoms with Gasteiger partial charge in [-0.1, -0.05) is 24.3 Å². The van der Waals surface area contributed by atoms with Crippen LogP contribution in [0.1, 0.15) is 24.0 Å². The van der Waals surface area contributed by atoms with Crippen LogP contribution in [0.4, 0.5) is 8.78 Å². The molecule has 1 saturated carbocycles. The Morgan fingerprint density at radius 2 is 1.21 bits per heavy atom. The van der Waals surface area contributed by atoms with Gasteiger partial charge in [-0.3, -0.25) is 4.79 Å². The SMILES string of the molecule is O=C1CCC1(c1ccc(F)cc1)c1ccc(F)cc1. The van der Waals surface area contributed by atoms with Crippen LogP contribution in [0, 0.1) is 11.6 Å². The molecule has 0 atom stereocenters. The van der Waals surface area contributed by atoms with Crippen LogP contribution in [0.15, 0.2) is 48.5 Å². The molecule has 0 aliphatic heterocycles. The van der Waals surface area contributed by atoms with Crippen molar-refractivity contribution in [1.29, 1.82) is 0 Å². The molecule has 0 saturated heterocycles. The molecule has 0 aromatic heterocycles. The zero-order valence-electron chi connectivity index (χ0n) is 10.2. The van der Waals surface area contributed by atoms with Crippen LogP contribution in [-0.2, 0) is 10.2 Å². The summed E-state index contributed by atoms with van der Waals surface area (Å²) in [5, 5.41) is 0. The Labute approximate surface area is 109 Å². The van der Waals surface area contributed by atoms with Gasteiger partial charge in [0.2, 0.25) is 0 Å². The molecule has 0 heterocycles. The van der Waals surface area contributed by atoms with Gasteiger partial charge < -0.3 is 0 Å². The normalized spacial score (nSPS) is 17.1. The summed E-state index contributed by atoms with van der Waals surface area (Å²) in [6.07, 6.45) is 1.19. The smallest absolute Gasteiger partial charge is 0.147 e. The second-order valence-corrected chi connectivity index (χ2v) is 4.84. The van der Waals surface area contributed by atoms with Crippen LogP contribution in [0.2, 0.25) is 0 Å². The monoisotopic (exact) mass is 258 g/mol. The molecule has 96 valence electrons. The Kier molecular flexibility index (Phi) is 2.70.